The van der Waals surface area contributed by atoms with Crippen LogP contribution in [-0.4, -0.2) is 57.1 Å². The highest BCUT2D eigenvalue weighted by atomic mass is 16.5. The molecule has 1 aromatic rings. The normalized spacial score (nSPS) is 13.0. The highest BCUT2D eigenvalue weighted by Crippen LogP contribution is 2.11. The Morgan fingerprint density at radius 1 is 1.16 bits per heavy atom. The molecule has 1 aromatic carbocycles. The zero-order chi connectivity index (χ0) is 18.5. The van der Waals surface area contributed by atoms with Crippen LogP contribution < -0.4 is 15.4 Å². The van der Waals surface area contributed by atoms with Crippen molar-refractivity contribution in [3.63, 3.8) is 0 Å². The Balaban J connectivity index is 2.36. The number of hydrogen-bond donors (Lipinski definition) is 3. The molecular formula is C19H33N3O3. The van der Waals surface area contributed by atoms with Gasteiger partial charge in [-0.2, -0.15) is 0 Å². The van der Waals surface area contributed by atoms with E-state index in [0.29, 0.717) is 31.6 Å². The average Bonchev–Trinajstić information content (AvgIpc) is 2.60. The van der Waals surface area contributed by atoms with Gasteiger partial charge >= 0.3 is 0 Å². The first kappa shape index (κ1) is 21.3. The summed E-state index contributed by atoms with van der Waals surface area (Å²) < 4.78 is 10.6. The van der Waals surface area contributed by atoms with Crippen molar-refractivity contribution in [2.24, 2.45) is 10.9 Å². The number of methoxy groups -OCH3 is 1. The minimum Gasteiger partial charge on any atom is -0.497 e. The first-order valence-corrected chi connectivity index (χ1v) is 8.96. The third-order valence-electron chi connectivity index (χ3n) is 3.43. The van der Waals surface area contributed by atoms with E-state index in [2.05, 4.69) is 41.6 Å². The number of nitrogens with one attached hydrogen (secondary N) is 2. The lowest BCUT2D eigenvalue weighted by molar-refractivity contribution is 0.0301. The zero-order valence-electron chi connectivity index (χ0n) is 15.9. The molecule has 0 heterocycles. The molecule has 6 heteroatoms. The molecule has 0 amide bonds. The molecule has 1 rings (SSSR count). The van der Waals surface area contributed by atoms with E-state index < -0.39 is 6.10 Å². The van der Waals surface area contributed by atoms with Gasteiger partial charge in [0, 0.05) is 19.7 Å². The minimum atomic E-state index is -0.587. The van der Waals surface area contributed by atoms with Crippen LogP contribution >= 0.6 is 0 Å². The van der Waals surface area contributed by atoms with Crippen LogP contribution in [0.25, 0.3) is 0 Å². The van der Waals surface area contributed by atoms with E-state index in [4.69, 9.17) is 9.47 Å². The summed E-state index contributed by atoms with van der Waals surface area (Å²) in [4.78, 5) is 4.41. The Hall–Kier alpha value is -1.79. The summed E-state index contributed by atoms with van der Waals surface area (Å²) in [5.74, 6) is 2.03. The van der Waals surface area contributed by atoms with E-state index in [1.807, 2.05) is 19.1 Å². The van der Waals surface area contributed by atoms with Gasteiger partial charge in [0.05, 0.1) is 26.4 Å². The van der Waals surface area contributed by atoms with Crippen LogP contribution in [0.4, 0.5) is 0 Å². The molecule has 0 radical (unpaired) electrons. The molecule has 0 spiro atoms. The lowest BCUT2D eigenvalue weighted by atomic mass is 10.1. The van der Waals surface area contributed by atoms with E-state index in [-0.39, 0.29) is 0 Å². The molecule has 0 aliphatic heterocycles. The van der Waals surface area contributed by atoms with Gasteiger partial charge in [0.25, 0.3) is 0 Å². The van der Waals surface area contributed by atoms with Crippen LogP contribution in [0, 0.1) is 5.92 Å². The first-order valence-electron chi connectivity index (χ1n) is 8.96. The lowest BCUT2D eigenvalue weighted by Gasteiger charge is -2.14. The van der Waals surface area contributed by atoms with Crippen molar-refractivity contribution in [2.45, 2.75) is 33.3 Å². The molecule has 0 aliphatic rings. The molecule has 6 nitrogen and oxygen atoms in total. The van der Waals surface area contributed by atoms with E-state index in [9.17, 15) is 5.11 Å². The molecule has 0 aromatic heterocycles. The van der Waals surface area contributed by atoms with Gasteiger partial charge in [-0.15, -0.1) is 0 Å². The third kappa shape index (κ3) is 9.94. The second-order valence-electron chi connectivity index (χ2n) is 6.33. The van der Waals surface area contributed by atoms with Crippen molar-refractivity contribution in [3.8, 4) is 5.75 Å². The molecule has 0 fully saturated rings. The van der Waals surface area contributed by atoms with Gasteiger partial charge in [0.1, 0.15) is 5.75 Å². The number of hydrogen-bond acceptors (Lipinski definition) is 4. The lowest BCUT2D eigenvalue weighted by Crippen LogP contribution is -2.39. The molecule has 0 aliphatic carbocycles. The summed E-state index contributed by atoms with van der Waals surface area (Å²) in [6, 6.07) is 8.03. The SMILES string of the molecule is CCNC(=NCC(O)COCC(C)C)NCCc1ccc(OC)cc1. The Morgan fingerprint density at radius 2 is 1.88 bits per heavy atom. The van der Waals surface area contributed by atoms with Crippen LogP contribution in [-0.2, 0) is 11.2 Å². The van der Waals surface area contributed by atoms with Gasteiger partial charge in [-0.1, -0.05) is 26.0 Å². The number of aliphatic hydroxyl groups is 1. The van der Waals surface area contributed by atoms with Gasteiger partial charge < -0.3 is 25.2 Å². The van der Waals surface area contributed by atoms with E-state index in [0.717, 1.165) is 25.3 Å². The highest BCUT2D eigenvalue weighted by Gasteiger charge is 2.05. The van der Waals surface area contributed by atoms with Crippen LogP contribution in [0.3, 0.4) is 0 Å². The van der Waals surface area contributed by atoms with Crippen LogP contribution in [0.2, 0.25) is 0 Å². The summed E-state index contributed by atoms with van der Waals surface area (Å²) in [6.45, 7) is 9.00. The largest absolute Gasteiger partial charge is 0.497 e. The summed E-state index contributed by atoms with van der Waals surface area (Å²) >= 11 is 0. The fourth-order valence-electron chi connectivity index (χ4n) is 2.15. The van der Waals surface area contributed by atoms with E-state index >= 15 is 0 Å². The van der Waals surface area contributed by atoms with Gasteiger partial charge in [-0.3, -0.25) is 4.99 Å². The predicted octanol–water partition coefficient (Wildman–Crippen LogP) is 1.83. The monoisotopic (exact) mass is 351 g/mol. The van der Waals surface area contributed by atoms with Gasteiger partial charge in [0.2, 0.25) is 0 Å². The minimum absolute atomic E-state index is 0.312. The van der Waals surface area contributed by atoms with E-state index in [1.165, 1.54) is 5.56 Å². The predicted molar refractivity (Wildman–Crippen MR) is 102 cm³/mol. The Labute approximate surface area is 151 Å². The van der Waals surface area contributed by atoms with Crippen molar-refractivity contribution in [1.82, 2.24) is 10.6 Å². The maximum atomic E-state index is 9.93. The number of aliphatic hydroxyl groups excluding tert-OH is 1. The van der Waals surface area contributed by atoms with Crippen molar-refractivity contribution in [3.05, 3.63) is 29.8 Å². The Kier molecular flexibility index (Phi) is 10.7. The first-order chi connectivity index (χ1) is 12.0. The zero-order valence-corrected chi connectivity index (χ0v) is 15.9. The fourth-order valence-corrected chi connectivity index (χ4v) is 2.15. The second kappa shape index (κ2) is 12.6. The number of nitrogens with zero attached hydrogens (tertiary/aromatic N) is 1. The van der Waals surface area contributed by atoms with Crippen LogP contribution in [0.1, 0.15) is 26.3 Å². The van der Waals surface area contributed by atoms with Crippen molar-refractivity contribution < 1.29 is 14.6 Å². The summed E-state index contributed by atoms with van der Waals surface area (Å²) in [5, 5.41) is 16.4. The number of benzene rings is 1. The number of guanidine groups is 1. The Bertz CT molecular complexity index is 489. The second-order valence-corrected chi connectivity index (χ2v) is 6.33. The van der Waals surface area contributed by atoms with Gasteiger partial charge in [0.15, 0.2) is 5.96 Å². The molecule has 25 heavy (non-hydrogen) atoms. The highest BCUT2D eigenvalue weighted by molar-refractivity contribution is 5.79. The fraction of sp³-hybridized carbons (Fsp3) is 0.632. The van der Waals surface area contributed by atoms with Crippen LogP contribution in [0.15, 0.2) is 29.3 Å². The van der Waals surface area contributed by atoms with Crippen molar-refractivity contribution >= 4 is 5.96 Å². The van der Waals surface area contributed by atoms with Gasteiger partial charge in [-0.25, -0.2) is 0 Å². The molecule has 1 unspecified atom stereocenters. The Morgan fingerprint density at radius 3 is 2.48 bits per heavy atom. The quantitative estimate of drug-likeness (QED) is 0.419. The molecular weight excluding hydrogens is 318 g/mol. The molecule has 0 bridgehead atoms. The number of rotatable bonds is 11. The standard InChI is InChI=1S/C19H33N3O3/c1-5-20-19(22-12-17(23)14-25-13-15(2)3)21-11-10-16-6-8-18(24-4)9-7-16/h6-9,15,17,23H,5,10-14H2,1-4H3,(H2,20,21,22). The molecule has 0 saturated carbocycles. The molecule has 3 N–H and O–H groups in total. The molecule has 142 valence electrons. The van der Waals surface area contributed by atoms with Gasteiger partial charge in [-0.05, 0) is 37.0 Å². The third-order valence-corrected chi connectivity index (χ3v) is 3.43. The maximum absolute atomic E-state index is 9.93. The number of aliphatic imine (C=N–C) groups is 1. The topological polar surface area (TPSA) is 75.1 Å². The summed E-state index contributed by atoms with van der Waals surface area (Å²) in [5.41, 5.74) is 1.23. The van der Waals surface area contributed by atoms with Crippen LogP contribution in [0.5, 0.6) is 5.75 Å². The maximum Gasteiger partial charge on any atom is 0.191 e. The van der Waals surface area contributed by atoms with Crippen molar-refractivity contribution in [1.29, 1.82) is 0 Å². The average molecular weight is 351 g/mol. The molecule has 1 atom stereocenters. The summed E-state index contributed by atoms with van der Waals surface area (Å²) in [6.07, 6.45) is 0.296. The van der Waals surface area contributed by atoms with E-state index in [1.54, 1.807) is 7.11 Å². The smallest absolute Gasteiger partial charge is 0.191 e. The molecule has 0 saturated heterocycles. The van der Waals surface area contributed by atoms with Crippen molar-refractivity contribution in [2.75, 3.05) is 40.0 Å². The summed E-state index contributed by atoms with van der Waals surface area (Å²) in [7, 11) is 1.66. The number of ether oxygens (including phenoxy) is 2.